The minimum absolute atomic E-state index is 0.00829. The van der Waals surface area contributed by atoms with Crippen LogP contribution in [0.5, 0.6) is 0 Å². The van der Waals surface area contributed by atoms with Crippen molar-refractivity contribution in [3.05, 3.63) is 56.4 Å². The zero-order chi connectivity index (χ0) is 21.1. The normalized spacial score (nSPS) is 11.5. The van der Waals surface area contributed by atoms with E-state index in [0.29, 0.717) is 19.8 Å². The Hall–Kier alpha value is -1.91. The Morgan fingerprint density at radius 2 is 1.43 bits per heavy atom. The average Bonchev–Trinajstić information content (AvgIpc) is 3.22. The molecule has 0 radical (unpaired) electrons. The highest BCUT2D eigenvalue weighted by molar-refractivity contribution is 7.74. The average molecular weight is 475 g/mol. The van der Waals surface area contributed by atoms with Crippen molar-refractivity contribution in [1.82, 2.24) is 19.6 Å². The summed E-state index contributed by atoms with van der Waals surface area (Å²) in [4.78, 5) is 12.5. The molecule has 156 valence electrons. The summed E-state index contributed by atoms with van der Waals surface area (Å²) in [7, 11) is 0. The number of hydrogen-bond donors (Lipinski definition) is 1. The van der Waals surface area contributed by atoms with Gasteiger partial charge < -0.3 is 9.13 Å². The third kappa shape index (κ3) is 4.55. The van der Waals surface area contributed by atoms with Gasteiger partial charge in [0, 0.05) is 6.42 Å². The largest absolute Gasteiger partial charge is 0.308 e. The number of benzene rings is 2. The summed E-state index contributed by atoms with van der Waals surface area (Å²) in [6.07, 6.45) is 2.34. The Morgan fingerprint density at radius 3 is 1.93 bits per heavy atom. The zero-order valence-corrected chi connectivity index (χ0v) is 19.8. The maximum Gasteiger partial charge on any atom is 0.234 e. The first-order valence-corrected chi connectivity index (χ1v) is 12.2. The van der Waals surface area contributed by atoms with Crippen LogP contribution >= 0.6 is 47.1 Å². The van der Waals surface area contributed by atoms with Gasteiger partial charge >= 0.3 is 0 Å². The van der Waals surface area contributed by atoms with E-state index in [1.54, 1.807) is 22.7 Å². The summed E-state index contributed by atoms with van der Waals surface area (Å²) in [5.41, 5.74) is 5.22. The van der Waals surface area contributed by atoms with E-state index in [2.05, 4.69) is 45.7 Å². The second-order valence-electron chi connectivity index (χ2n) is 6.99. The van der Waals surface area contributed by atoms with Crippen LogP contribution in [0, 0.1) is 7.91 Å². The van der Waals surface area contributed by atoms with Crippen molar-refractivity contribution >= 4 is 73.4 Å². The molecule has 2 aromatic heterocycles. The maximum atomic E-state index is 12.5. The topological polar surface area (TPSA) is 42.2 Å². The van der Waals surface area contributed by atoms with Crippen LogP contribution in [-0.2, 0) is 18.1 Å². The van der Waals surface area contributed by atoms with Crippen molar-refractivity contribution < 1.29 is 4.79 Å². The zero-order valence-electron chi connectivity index (χ0n) is 16.5. The molecule has 1 N–H and O–H groups in total. The van der Waals surface area contributed by atoms with Gasteiger partial charge in [-0.05, 0) is 55.1 Å². The molecular formula is C21H22N4OS4. The lowest BCUT2D eigenvalue weighted by Gasteiger charge is -2.25. The first-order valence-electron chi connectivity index (χ1n) is 9.78. The van der Waals surface area contributed by atoms with Crippen molar-refractivity contribution in [3.63, 3.8) is 0 Å². The molecular weight excluding hydrogens is 453 g/mol. The van der Waals surface area contributed by atoms with Crippen molar-refractivity contribution in [2.75, 3.05) is 0 Å². The lowest BCUT2D eigenvalue weighted by atomic mass is 10.2. The molecule has 1 amide bonds. The van der Waals surface area contributed by atoms with Gasteiger partial charge in [0.2, 0.25) is 5.91 Å². The van der Waals surface area contributed by atoms with Crippen molar-refractivity contribution in [2.24, 2.45) is 0 Å². The van der Waals surface area contributed by atoms with Gasteiger partial charge in [-0.1, -0.05) is 37.6 Å². The molecule has 0 fully saturated rings. The molecule has 0 atom stereocenters. The quantitative estimate of drug-likeness (QED) is 0.240. The number of para-hydroxylation sites is 2. The number of amides is 1. The minimum Gasteiger partial charge on any atom is -0.308 e. The molecule has 9 heteroatoms. The summed E-state index contributed by atoms with van der Waals surface area (Å²) in [5.74, 6) is 0.00829. The number of unbranched alkanes of at least 4 members (excludes halogenated alkanes) is 1. The Kier molecular flexibility index (Phi) is 6.74. The molecule has 5 nitrogen and oxygen atoms in total. The van der Waals surface area contributed by atoms with Gasteiger partial charge in [-0.15, -0.1) is 22.7 Å². The van der Waals surface area contributed by atoms with Crippen LogP contribution < -0.4 is 5.43 Å². The molecule has 2 aromatic carbocycles. The van der Waals surface area contributed by atoms with Gasteiger partial charge in [-0.25, -0.2) is 0 Å². The number of hydrogen-bond acceptors (Lipinski definition) is 6. The van der Waals surface area contributed by atoms with E-state index in [9.17, 15) is 4.79 Å². The number of aromatic nitrogens is 2. The molecule has 0 aliphatic heterocycles. The summed E-state index contributed by atoms with van der Waals surface area (Å²) in [5, 5.41) is 1.90. The number of hydrazine groups is 1. The van der Waals surface area contributed by atoms with E-state index in [0.717, 1.165) is 41.2 Å². The van der Waals surface area contributed by atoms with E-state index >= 15 is 0 Å². The highest BCUT2D eigenvalue weighted by Gasteiger charge is 2.15. The molecule has 2 heterocycles. The standard InChI is InChI=1S/C21H22N4OS4/c1-2-3-12-19(26)22-23(13-24-15-8-4-6-10-17(15)29-20(24)27)14-25-16-9-5-7-11-18(16)30-21(25)28/h4-11H,2-3,12-14H2,1H3,(H,22,26). The fourth-order valence-corrected chi connectivity index (χ4v) is 5.94. The predicted molar refractivity (Wildman–Crippen MR) is 131 cm³/mol. The van der Waals surface area contributed by atoms with E-state index in [-0.39, 0.29) is 5.91 Å². The lowest BCUT2D eigenvalue weighted by Crippen LogP contribution is -2.44. The minimum atomic E-state index is 0.00829. The predicted octanol–water partition coefficient (Wildman–Crippen LogP) is 6.32. The van der Waals surface area contributed by atoms with Crippen molar-refractivity contribution in [3.8, 4) is 0 Å². The number of carbonyl (C=O) groups is 1. The van der Waals surface area contributed by atoms with Gasteiger partial charge in [0.05, 0.1) is 33.8 Å². The van der Waals surface area contributed by atoms with Gasteiger partial charge in [0.25, 0.3) is 0 Å². The summed E-state index contributed by atoms with van der Waals surface area (Å²) in [6, 6.07) is 16.3. The van der Waals surface area contributed by atoms with Crippen LogP contribution in [0.15, 0.2) is 48.5 Å². The lowest BCUT2D eigenvalue weighted by molar-refractivity contribution is -0.127. The smallest absolute Gasteiger partial charge is 0.234 e. The molecule has 0 aliphatic carbocycles. The van der Waals surface area contributed by atoms with Gasteiger partial charge in [0.15, 0.2) is 7.91 Å². The molecule has 0 spiro atoms. The van der Waals surface area contributed by atoms with E-state index < -0.39 is 0 Å². The van der Waals surface area contributed by atoms with Crippen LogP contribution in [-0.4, -0.2) is 20.1 Å². The van der Waals surface area contributed by atoms with Gasteiger partial charge in [-0.3, -0.25) is 10.2 Å². The Bertz CT molecular complexity index is 1210. The summed E-state index contributed by atoms with van der Waals surface area (Å²) < 4.78 is 7.96. The van der Waals surface area contributed by atoms with Crippen LogP contribution in [0.3, 0.4) is 0 Å². The SMILES string of the molecule is CCCCC(=O)NN(Cn1c(=S)sc2ccccc21)Cn1c(=S)sc2ccccc21. The third-order valence-corrected chi connectivity index (χ3v) is 7.67. The van der Waals surface area contributed by atoms with Crippen LogP contribution in [0.2, 0.25) is 0 Å². The Morgan fingerprint density at radius 1 is 0.933 bits per heavy atom. The second-order valence-corrected chi connectivity index (χ2v) is 10.3. The molecule has 4 rings (SSSR count). The van der Waals surface area contributed by atoms with Crippen LogP contribution in [0.4, 0.5) is 0 Å². The second kappa shape index (κ2) is 9.49. The first kappa shape index (κ1) is 21.3. The number of carbonyl (C=O) groups excluding carboxylic acids is 1. The number of fused-ring (bicyclic) bond motifs is 2. The molecule has 0 saturated carbocycles. The fourth-order valence-electron chi connectivity index (χ4n) is 3.32. The van der Waals surface area contributed by atoms with E-state index in [4.69, 9.17) is 24.4 Å². The highest BCUT2D eigenvalue weighted by Crippen LogP contribution is 2.25. The van der Waals surface area contributed by atoms with Crippen molar-refractivity contribution in [1.29, 1.82) is 0 Å². The number of nitrogens with one attached hydrogen (secondary N) is 1. The van der Waals surface area contributed by atoms with Gasteiger partial charge in [0.1, 0.15) is 0 Å². The monoisotopic (exact) mass is 474 g/mol. The number of nitrogens with zero attached hydrogens (tertiary/aromatic N) is 3. The molecule has 0 bridgehead atoms. The van der Waals surface area contributed by atoms with Gasteiger partial charge in [-0.2, -0.15) is 5.01 Å². The number of rotatable bonds is 8. The van der Waals surface area contributed by atoms with E-state index in [1.165, 1.54) is 0 Å². The Balaban J connectivity index is 1.68. The molecule has 4 aromatic rings. The van der Waals surface area contributed by atoms with Crippen LogP contribution in [0.1, 0.15) is 26.2 Å². The Labute approximate surface area is 193 Å². The molecule has 30 heavy (non-hydrogen) atoms. The molecule has 0 unspecified atom stereocenters. The molecule has 0 aliphatic rings. The molecule has 0 saturated heterocycles. The first-order chi connectivity index (χ1) is 14.6. The number of thiazole rings is 2. The fraction of sp³-hybridized carbons (Fsp3) is 0.286. The summed E-state index contributed by atoms with van der Waals surface area (Å²) >= 11 is 14.4. The maximum absolute atomic E-state index is 12.5. The van der Waals surface area contributed by atoms with Crippen molar-refractivity contribution in [2.45, 2.75) is 39.5 Å². The summed E-state index contributed by atoms with van der Waals surface area (Å²) in [6.45, 7) is 2.98. The van der Waals surface area contributed by atoms with E-state index in [1.807, 2.05) is 29.3 Å². The highest BCUT2D eigenvalue weighted by atomic mass is 32.2. The third-order valence-electron chi connectivity index (χ3n) is 4.81. The van der Waals surface area contributed by atoms with Crippen LogP contribution in [0.25, 0.3) is 20.4 Å².